The summed E-state index contributed by atoms with van der Waals surface area (Å²) < 4.78 is 0. The van der Waals surface area contributed by atoms with Crippen LogP contribution in [0.15, 0.2) is 30.3 Å². The van der Waals surface area contributed by atoms with Crippen LogP contribution in [0.3, 0.4) is 0 Å². The molecule has 1 N–H and O–H groups in total. The maximum absolute atomic E-state index is 3.69. The molecule has 3 nitrogen and oxygen atoms in total. The second-order valence-corrected chi connectivity index (χ2v) is 5.79. The van der Waals surface area contributed by atoms with Crippen LogP contribution in [0.4, 0.5) is 0 Å². The molecule has 0 spiro atoms. The molecule has 2 aliphatic heterocycles. The van der Waals surface area contributed by atoms with E-state index in [-0.39, 0.29) is 0 Å². The van der Waals surface area contributed by atoms with Gasteiger partial charge >= 0.3 is 0 Å². The van der Waals surface area contributed by atoms with Crippen molar-refractivity contribution in [2.24, 2.45) is 0 Å². The third kappa shape index (κ3) is 3.56. The summed E-state index contributed by atoms with van der Waals surface area (Å²) >= 11 is 0. The lowest BCUT2D eigenvalue weighted by Crippen LogP contribution is -2.59. The quantitative estimate of drug-likeness (QED) is 0.894. The van der Waals surface area contributed by atoms with E-state index >= 15 is 0 Å². The second kappa shape index (κ2) is 6.51. The Labute approximate surface area is 116 Å². The van der Waals surface area contributed by atoms with Crippen LogP contribution in [0, 0.1) is 0 Å². The third-order valence-electron chi connectivity index (χ3n) is 4.32. The van der Waals surface area contributed by atoms with E-state index < -0.39 is 0 Å². The Morgan fingerprint density at radius 2 is 1.79 bits per heavy atom. The van der Waals surface area contributed by atoms with Gasteiger partial charge in [0.05, 0.1) is 6.17 Å². The number of rotatable bonds is 3. The van der Waals surface area contributed by atoms with Crippen LogP contribution in [0.2, 0.25) is 0 Å². The number of nitrogens with zero attached hydrogens (tertiary/aromatic N) is 2. The predicted octanol–water partition coefficient (Wildman–Crippen LogP) is 1.90. The predicted molar refractivity (Wildman–Crippen MR) is 78.9 cm³/mol. The van der Waals surface area contributed by atoms with Gasteiger partial charge in [0, 0.05) is 26.2 Å². The number of likely N-dealkylation sites (tertiary alicyclic amines) is 1. The van der Waals surface area contributed by atoms with E-state index in [1.165, 1.54) is 44.5 Å². The average Bonchev–Trinajstić information content (AvgIpc) is 2.49. The molecule has 0 amide bonds. The molecule has 3 heteroatoms. The van der Waals surface area contributed by atoms with Gasteiger partial charge < -0.3 is 0 Å². The first-order valence-corrected chi connectivity index (χ1v) is 7.65. The van der Waals surface area contributed by atoms with Crippen molar-refractivity contribution in [2.45, 2.75) is 32.0 Å². The Morgan fingerprint density at radius 3 is 2.58 bits per heavy atom. The van der Waals surface area contributed by atoms with Gasteiger partial charge in [0.25, 0.3) is 0 Å². The van der Waals surface area contributed by atoms with E-state index in [1.54, 1.807) is 0 Å². The van der Waals surface area contributed by atoms with Crippen LogP contribution >= 0.6 is 0 Å². The number of piperidine rings is 1. The Morgan fingerprint density at radius 1 is 1.00 bits per heavy atom. The molecule has 1 atom stereocenters. The standard InChI is InChI=1S/C16H25N3/c1-3-7-15(8-4-1)13-18-12-9-17-16(14-18)19-10-5-2-6-11-19/h1,3-4,7-8,16-17H,2,5-6,9-14H2. The first-order chi connectivity index (χ1) is 9.42. The number of piperazine rings is 1. The van der Waals surface area contributed by atoms with E-state index in [0.717, 1.165) is 19.6 Å². The minimum absolute atomic E-state index is 0.567. The first-order valence-electron chi connectivity index (χ1n) is 7.65. The van der Waals surface area contributed by atoms with E-state index in [4.69, 9.17) is 0 Å². The van der Waals surface area contributed by atoms with Crippen LogP contribution in [-0.2, 0) is 6.54 Å². The lowest BCUT2D eigenvalue weighted by atomic mass is 10.1. The fraction of sp³-hybridized carbons (Fsp3) is 0.625. The first kappa shape index (κ1) is 13.1. The molecule has 2 heterocycles. The van der Waals surface area contributed by atoms with Gasteiger partial charge in [-0.1, -0.05) is 36.8 Å². The molecule has 0 radical (unpaired) electrons. The molecular weight excluding hydrogens is 234 g/mol. The third-order valence-corrected chi connectivity index (χ3v) is 4.32. The highest BCUT2D eigenvalue weighted by molar-refractivity contribution is 5.14. The Kier molecular flexibility index (Phi) is 4.49. The van der Waals surface area contributed by atoms with Crippen LogP contribution < -0.4 is 5.32 Å². The van der Waals surface area contributed by atoms with Crippen molar-refractivity contribution in [3.63, 3.8) is 0 Å². The molecule has 1 unspecified atom stereocenters. The Hall–Kier alpha value is -0.900. The minimum atomic E-state index is 0.567. The smallest absolute Gasteiger partial charge is 0.0728 e. The highest BCUT2D eigenvalue weighted by atomic mass is 15.3. The monoisotopic (exact) mass is 259 g/mol. The Bertz CT molecular complexity index is 373. The van der Waals surface area contributed by atoms with Gasteiger partial charge in [-0.05, 0) is 31.5 Å². The second-order valence-electron chi connectivity index (χ2n) is 5.79. The molecule has 1 aromatic rings. The fourth-order valence-electron chi connectivity index (χ4n) is 3.25. The fourth-order valence-corrected chi connectivity index (χ4v) is 3.25. The molecule has 3 rings (SSSR count). The number of benzene rings is 1. The lowest BCUT2D eigenvalue weighted by Gasteiger charge is -2.41. The van der Waals surface area contributed by atoms with Gasteiger partial charge in [0.15, 0.2) is 0 Å². The van der Waals surface area contributed by atoms with Crippen molar-refractivity contribution in [1.29, 1.82) is 0 Å². The van der Waals surface area contributed by atoms with Crippen molar-refractivity contribution in [2.75, 3.05) is 32.7 Å². The van der Waals surface area contributed by atoms with Crippen LogP contribution in [-0.4, -0.2) is 48.7 Å². The SMILES string of the molecule is c1ccc(CN2CCNC(N3CCCCC3)C2)cc1. The van der Waals surface area contributed by atoms with Gasteiger partial charge in [0.2, 0.25) is 0 Å². The van der Waals surface area contributed by atoms with Crippen LogP contribution in [0.5, 0.6) is 0 Å². The van der Waals surface area contributed by atoms with Gasteiger partial charge in [0.1, 0.15) is 0 Å². The minimum Gasteiger partial charge on any atom is -0.299 e. The summed E-state index contributed by atoms with van der Waals surface area (Å²) in [5, 5.41) is 3.69. The summed E-state index contributed by atoms with van der Waals surface area (Å²) in [5.74, 6) is 0. The molecular formula is C16H25N3. The zero-order chi connectivity index (χ0) is 12.9. The maximum atomic E-state index is 3.69. The molecule has 0 aromatic heterocycles. The summed E-state index contributed by atoms with van der Waals surface area (Å²) in [6, 6.07) is 10.8. The highest BCUT2D eigenvalue weighted by Crippen LogP contribution is 2.14. The molecule has 2 saturated heterocycles. The average molecular weight is 259 g/mol. The zero-order valence-electron chi connectivity index (χ0n) is 11.7. The lowest BCUT2D eigenvalue weighted by molar-refractivity contribution is 0.0663. The van der Waals surface area contributed by atoms with Gasteiger partial charge in [-0.3, -0.25) is 15.1 Å². The van der Waals surface area contributed by atoms with Gasteiger partial charge in [-0.15, -0.1) is 0 Å². The van der Waals surface area contributed by atoms with E-state index in [1.807, 2.05) is 0 Å². The van der Waals surface area contributed by atoms with E-state index in [2.05, 4.69) is 45.4 Å². The van der Waals surface area contributed by atoms with E-state index in [0.29, 0.717) is 6.17 Å². The molecule has 19 heavy (non-hydrogen) atoms. The largest absolute Gasteiger partial charge is 0.299 e. The number of hydrogen-bond donors (Lipinski definition) is 1. The Balaban J connectivity index is 1.55. The van der Waals surface area contributed by atoms with Crippen molar-refractivity contribution in [3.8, 4) is 0 Å². The molecule has 1 aromatic carbocycles. The molecule has 2 aliphatic rings. The van der Waals surface area contributed by atoms with Crippen molar-refractivity contribution in [3.05, 3.63) is 35.9 Å². The normalized spacial score (nSPS) is 26.4. The topological polar surface area (TPSA) is 18.5 Å². The molecule has 2 fully saturated rings. The summed E-state index contributed by atoms with van der Waals surface area (Å²) in [4.78, 5) is 5.23. The summed E-state index contributed by atoms with van der Waals surface area (Å²) in [6.07, 6.45) is 4.72. The highest BCUT2D eigenvalue weighted by Gasteiger charge is 2.25. The summed E-state index contributed by atoms with van der Waals surface area (Å²) in [7, 11) is 0. The molecule has 104 valence electrons. The van der Waals surface area contributed by atoms with Gasteiger partial charge in [-0.2, -0.15) is 0 Å². The van der Waals surface area contributed by atoms with Gasteiger partial charge in [-0.25, -0.2) is 0 Å². The van der Waals surface area contributed by atoms with Crippen LogP contribution in [0.25, 0.3) is 0 Å². The van der Waals surface area contributed by atoms with Crippen molar-refractivity contribution in [1.82, 2.24) is 15.1 Å². The van der Waals surface area contributed by atoms with Crippen molar-refractivity contribution < 1.29 is 0 Å². The summed E-state index contributed by atoms with van der Waals surface area (Å²) in [6.45, 7) is 7.09. The van der Waals surface area contributed by atoms with Crippen molar-refractivity contribution >= 4 is 0 Å². The molecule has 0 saturated carbocycles. The van der Waals surface area contributed by atoms with E-state index in [9.17, 15) is 0 Å². The van der Waals surface area contributed by atoms with Crippen LogP contribution in [0.1, 0.15) is 24.8 Å². The molecule has 0 bridgehead atoms. The molecule has 0 aliphatic carbocycles. The number of hydrogen-bond acceptors (Lipinski definition) is 3. The summed E-state index contributed by atoms with van der Waals surface area (Å²) in [5.41, 5.74) is 1.43. The number of nitrogens with one attached hydrogen (secondary N) is 1. The maximum Gasteiger partial charge on any atom is 0.0728 e. The zero-order valence-corrected chi connectivity index (χ0v) is 11.7.